The number of H-pyrrole nitrogens is 1. The molecule has 2 aromatic rings. The van der Waals surface area contributed by atoms with Gasteiger partial charge in [-0.2, -0.15) is 0 Å². The molecule has 2 heterocycles. The lowest BCUT2D eigenvalue weighted by atomic mass is 9.80. The van der Waals surface area contributed by atoms with Gasteiger partial charge in [0.2, 0.25) is 5.91 Å². The first-order valence-electron chi connectivity index (χ1n) is 8.66. The zero-order valence-electron chi connectivity index (χ0n) is 14.0. The number of benzene rings is 1. The number of halogens is 1. The van der Waals surface area contributed by atoms with Gasteiger partial charge in [-0.25, -0.2) is 0 Å². The molecule has 1 aliphatic carbocycles. The Bertz CT molecular complexity index is 834. The van der Waals surface area contributed by atoms with Crippen molar-refractivity contribution in [3.05, 3.63) is 40.6 Å². The normalized spacial score (nSPS) is 22.2. The first-order valence-corrected chi connectivity index (χ1v) is 9.04. The van der Waals surface area contributed by atoms with Crippen LogP contribution in [0.25, 0.3) is 16.5 Å². The fraction of sp³-hybridized carbons (Fsp3) is 0.421. The van der Waals surface area contributed by atoms with E-state index in [9.17, 15) is 4.79 Å². The molecule has 4 rings (SSSR count). The molecule has 1 aromatic heterocycles. The molecule has 0 fully saturated rings. The maximum Gasteiger partial charge on any atom is 0.230 e. The average molecular weight is 344 g/mol. The lowest BCUT2D eigenvalue weighted by molar-refractivity contribution is -0.133. The highest BCUT2D eigenvalue weighted by molar-refractivity contribution is 6.31. The summed E-state index contributed by atoms with van der Waals surface area (Å²) >= 11 is 6.32. The van der Waals surface area contributed by atoms with Gasteiger partial charge >= 0.3 is 0 Å². The van der Waals surface area contributed by atoms with Crippen molar-refractivity contribution in [1.82, 2.24) is 15.2 Å². The predicted octanol–water partition coefficient (Wildman–Crippen LogP) is 3.22. The van der Waals surface area contributed by atoms with Crippen LogP contribution in [-0.4, -0.2) is 41.5 Å². The summed E-state index contributed by atoms with van der Waals surface area (Å²) in [5.41, 5.74) is 4.77. The monoisotopic (exact) mass is 343 g/mol. The third-order valence-electron chi connectivity index (χ3n) is 5.29. The molecule has 0 radical (unpaired) electrons. The van der Waals surface area contributed by atoms with Crippen LogP contribution in [0, 0.1) is 5.92 Å². The standard InChI is InChI=1S/C19H22ClN3O/c1-3-23(4-2)19(24)12-5-14-15-7-13(20)8-17-18(15)11(9-22-17)6-16(14)21-10-12/h5,7-9,12,16,21-22H,3-4,6,10H2,1-2H3. The minimum absolute atomic E-state index is 0.106. The quantitative estimate of drug-likeness (QED) is 0.899. The second-order valence-corrected chi connectivity index (χ2v) is 7.03. The maximum atomic E-state index is 12.7. The highest BCUT2D eigenvalue weighted by Crippen LogP contribution is 2.40. The Morgan fingerprint density at radius 2 is 2.12 bits per heavy atom. The molecule has 2 atom stereocenters. The van der Waals surface area contributed by atoms with Crippen molar-refractivity contribution in [1.29, 1.82) is 0 Å². The Kier molecular flexibility index (Phi) is 3.89. The summed E-state index contributed by atoms with van der Waals surface area (Å²) in [4.78, 5) is 18.0. The number of hydrogen-bond donors (Lipinski definition) is 2. The van der Waals surface area contributed by atoms with Crippen LogP contribution in [0.5, 0.6) is 0 Å². The Balaban J connectivity index is 1.79. The Hall–Kier alpha value is -1.78. The van der Waals surface area contributed by atoms with Gasteiger partial charge in [-0.15, -0.1) is 0 Å². The van der Waals surface area contributed by atoms with E-state index in [1.165, 1.54) is 16.5 Å². The van der Waals surface area contributed by atoms with E-state index in [2.05, 4.69) is 22.6 Å². The van der Waals surface area contributed by atoms with Gasteiger partial charge in [-0.3, -0.25) is 4.79 Å². The second kappa shape index (κ2) is 5.94. The van der Waals surface area contributed by atoms with Crippen LogP contribution >= 0.6 is 11.6 Å². The molecular formula is C19H22ClN3O. The van der Waals surface area contributed by atoms with Crippen molar-refractivity contribution >= 4 is 34.0 Å². The minimum Gasteiger partial charge on any atom is -0.361 e. The Morgan fingerprint density at radius 3 is 2.88 bits per heavy atom. The number of hydrogen-bond acceptors (Lipinski definition) is 2. The number of nitrogens with zero attached hydrogens (tertiary/aromatic N) is 1. The van der Waals surface area contributed by atoms with Crippen molar-refractivity contribution < 1.29 is 4.79 Å². The van der Waals surface area contributed by atoms with Gasteiger partial charge in [0.05, 0.1) is 5.92 Å². The molecule has 0 spiro atoms. The number of aromatic amines is 1. The first-order chi connectivity index (χ1) is 11.6. The summed E-state index contributed by atoms with van der Waals surface area (Å²) in [5.74, 6) is 0.0993. The summed E-state index contributed by atoms with van der Waals surface area (Å²) in [6.45, 7) is 6.26. The van der Waals surface area contributed by atoms with E-state index in [0.717, 1.165) is 35.6 Å². The SMILES string of the molecule is CCN(CC)C(=O)C1C=C2c3cc(Cl)cc4[nH]cc(c34)CC2NC1. The summed E-state index contributed by atoms with van der Waals surface area (Å²) < 4.78 is 0. The number of amides is 1. The van der Waals surface area contributed by atoms with Gasteiger partial charge < -0.3 is 15.2 Å². The third-order valence-corrected chi connectivity index (χ3v) is 5.51. The molecule has 1 amide bonds. The molecule has 2 N–H and O–H groups in total. The predicted molar refractivity (Wildman–Crippen MR) is 98.2 cm³/mol. The van der Waals surface area contributed by atoms with E-state index >= 15 is 0 Å². The smallest absolute Gasteiger partial charge is 0.230 e. The second-order valence-electron chi connectivity index (χ2n) is 6.59. The van der Waals surface area contributed by atoms with Gasteiger partial charge in [0.15, 0.2) is 0 Å². The molecule has 0 bridgehead atoms. The zero-order valence-corrected chi connectivity index (χ0v) is 14.8. The lowest BCUT2D eigenvalue weighted by Gasteiger charge is -2.35. The summed E-state index contributed by atoms with van der Waals surface area (Å²) in [7, 11) is 0. The van der Waals surface area contributed by atoms with Crippen LogP contribution in [0.2, 0.25) is 5.02 Å². The molecule has 24 heavy (non-hydrogen) atoms. The summed E-state index contributed by atoms with van der Waals surface area (Å²) in [5, 5.41) is 5.55. The van der Waals surface area contributed by atoms with Gasteiger partial charge in [0.1, 0.15) is 0 Å². The highest BCUT2D eigenvalue weighted by atomic mass is 35.5. The molecule has 1 aliphatic heterocycles. The van der Waals surface area contributed by atoms with Gasteiger partial charge in [0, 0.05) is 47.8 Å². The van der Waals surface area contributed by atoms with Crippen LogP contribution in [0.1, 0.15) is 25.0 Å². The molecule has 1 aromatic carbocycles. The van der Waals surface area contributed by atoms with Crippen molar-refractivity contribution in [2.24, 2.45) is 5.92 Å². The van der Waals surface area contributed by atoms with E-state index < -0.39 is 0 Å². The maximum absolute atomic E-state index is 12.7. The summed E-state index contributed by atoms with van der Waals surface area (Å²) in [6, 6.07) is 4.26. The highest BCUT2D eigenvalue weighted by Gasteiger charge is 2.33. The molecule has 4 nitrogen and oxygen atoms in total. The molecular weight excluding hydrogens is 322 g/mol. The number of carbonyl (C=O) groups excluding carboxylic acids is 1. The van der Waals surface area contributed by atoms with Gasteiger partial charge in [0.25, 0.3) is 0 Å². The number of nitrogens with one attached hydrogen (secondary N) is 2. The van der Waals surface area contributed by atoms with E-state index in [-0.39, 0.29) is 17.9 Å². The number of rotatable bonds is 3. The molecule has 2 aliphatic rings. The largest absolute Gasteiger partial charge is 0.361 e. The topological polar surface area (TPSA) is 48.1 Å². The molecule has 126 valence electrons. The number of carbonyl (C=O) groups is 1. The van der Waals surface area contributed by atoms with Gasteiger partial charge in [-0.1, -0.05) is 17.7 Å². The lowest BCUT2D eigenvalue weighted by Crippen LogP contribution is -2.46. The minimum atomic E-state index is -0.106. The van der Waals surface area contributed by atoms with Crippen molar-refractivity contribution in [2.75, 3.05) is 19.6 Å². The van der Waals surface area contributed by atoms with E-state index in [0.29, 0.717) is 6.54 Å². The van der Waals surface area contributed by atoms with Crippen LogP contribution in [-0.2, 0) is 11.2 Å². The Morgan fingerprint density at radius 1 is 1.33 bits per heavy atom. The van der Waals surface area contributed by atoms with E-state index in [1.54, 1.807) is 0 Å². The molecule has 5 heteroatoms. The van der Waals surface area contributed by atoms with Crippen molar-refractivity contribution in [2.45, 2.75) is 26.3 Å². The van der Waals surface area contributed by atoms with Crippen LogP contribution < -0.4 is 5.32 Å². The Labute approximate surface area is 146 Å². The van der Waals surface area contributed by atoms with Crippen molar-refractivity contribution in [3.8, 4) is 0 Å². The molecule has 0 saturated heterocycles. The summed E-state index contributed by atoms with van der Waals surface area (Å²) in [6.07, 6.45) is 5.20. The van der Waals surface area contributed by atoms with Crippen molar-refractivity contribution in [3.63, 3.8) is 0 Å². The van der Waals surface area contributed by atoms with E-state index in [4.69, 9.17) is 11.6 Å². The van der Waals surface area contributed by atoms with Crippen LogP contribution in [0.3, 0.4) is 0 Å². The van der Waals surface area contributed by atoms with Gasteiger partial charge in [-0.05, 0) is 49.1 Å². The fourth-order valence-electron chi connectivity index (χ4n) is 4.07. The zero-order chi connectivity index (χ0) is 16.8. The first kappa shape index (κ1) is 15.7. The number of aromatic nitrogens is 1. The van der Waals surface area contributed by atoms with E-state index in [1.807, 2.05) is 30.9 Å². The average Bonchev–Trinajstić information content (AvgIpc) is 2.99. The van der Waals surface area contributed by atoms with Crippen LogP contribution in [0.4, 0.5) is 0 Å². The fourth-order valence-corrected chi connectivity index (χ4v) is 4.29. The third kappa shape index (κ3) is 2.36. The molecule has 0 saturated carbocycles. The molecule has 2 unspecified atom stereocenters. The number of fused-ring (bicyclic) bond motifs is 2. The van der Waals surface area contributed by atoms with Crippen LogP contribution in [0.15, 0.2) is 24.4 Å².